The molecule has 0 aliphatic carbocycles. The predicted molar refractivity (Wildman–Crippen MR) is 74.8 cm³/mol. The minimum Gasteiger partial charge on any atom is -0.593 e. The van der Waals surface area contributed by atoms with Gasteiger partial charge in [-0.3, -0.25) is 0 Å². The molecule has 0 aliphatic heterocycles. The number of nitroso groups, excluding NO2 is 1. The summed E-state index contributed by atoms with van der Waals surface area (Å²) in [4.78, 5) is 12.4. The highest BCUT2D eigenvalue weighted by Crippen LogP contribution is 2.38. The second-order valence-electron chi connectivity index (χ2n) is 4.04. The fourth-order valence-corrected chi connectivity index (χ4v) is 2.79. The van der Waals surface area contributed by atoms with Gasteiger partial charge in [0.1, 0.15) is 4.88 Å². The van der Waals surface area contributed by atoms with Crippen molar-refractivity contribution in [3.8, 4) is 21.8 Å². The molecule has 1 aromatic carbocycles. The second kappa shape index (κ2) is 4.78. The smallest absolute Gasteiger partial charge is 0.294 e. The second-order valence-corrected chi connectivity index (χ2v) is 4.99. The summed E-state index contributed by atoms with van der Waals surface area (Å²) in [7, 11) is 0. The van der Waals surface area contributed by atoms with Crippen LogP contribution in [0.25, 0.3) is 21.8 Å². The third-order valence-corrected chi connectivity index (χ3v) is 3.78. The maximum Gasteiger partial charge on any atom is 0.294 e. The van der Waals surface area contributed by atoms with Crippen molar-refractivity contribution in [2.75, 3.05) is 0 Å². The summed E-state index contributed by atoms with van der Waals surface area (Å²) in [5, 5.41) is 26.8. The Labute approximate surface area is 117 Å². The standard InChI is InChI=1S/C13H9N3O3S/c17-14-11-12(9-5-2-1-3-6-9)15(18)16(19)13(11)10-7-4-8-20-10/h1-8,18H. The molecule has 0 atom stereocenters. The van der Waals surface area contributed by atoms with Crippen molar-refractivity contribution in [3.63, 3.8) is 0 Å². The van der Waals surface area contributed by atoms with Gasteiger partial charge in [0.2, 0.25) is 5.69 Å². The molecule has 20 heavy (non-hydrogen) atoms. The van der Waals surface area contributed by atoms with Gasteiger partial charge in [-0.25, -0.2) is 0 Å². The average molecular weight is 287 g/mol. The Morgan fingerprint density at radius 1 is 1.20 bits per heavy atom. The number of rotatable bonds is 3. The molecular weight excluding hydrogens is 278 g/mol. The van der Waals surface area contributed by atoms with Crippen molar-refractivity contribution in [3.05, 3.63) is 58.0 Å². The molecule has 2 aromatic heterocycles. The molecule has 0 amide bonds. The van der Waals surface area contributed by atoms with E-state index in [4.69, 9.17) is 0 Å². The van der Waals surface area contributed by atoms with Crippen LogP contribution in [0.15, 0.2) is 53.0 Å². The van der Waals surface area contributed by atoms with E-state index in [1.165, 1.54) is 11.3 Å². The minimum absolute atomic E-state index is 0.0522. The molecule has 3 rings (SSSR count). The molecule has 0 saturated carbocycles. The van der Waals surface area contributed by atoms with E-state index in [0.29, 0.717) is 15.3 Å². The lowest BCUT2D eigenvalue weighted by molar-refractivity contribution is -0.714. The van der Waals surface area contributed by atoms with E-state index in [0.717, 1.165) is 0 Å². The van der Waals surface area contributed by atoms with Crippen LogP contribution in [0.4, 0.5) is 5.69 Å². The quantitative estimate of drug-likeness (QED) is 0.348. The van der Waals surface area contributed by atoms with Crippen LogP contribution >= 0.6 is 11.3 Å². The summed E-state index contributed by atoms with van der Waals surface area (Å²) in [6.45, 7) is 0. The Bertz CT molecular complexity index is 751. The van der Waals surface area contributed by atoms with E-state index in [2.05, 4.69) is 5.18 Å². The molecule has 100 valence electrons. The number of aromatic nitrogens is 2. The van der Waals surface area contributed by atoms with Crippen molar-refractivity contribution in [1.29, 1.82) is 0 Å². The fourth-order valence-electron chi connectivity index (χ4n) is 2.04. The summed E-state index contributed by atoms with van der Waals surface area (Å²) in [5.74, 6) is 0. The van der Waals surface area contributed by atoms with Crippen LogP contribution in [-0.4, -0.2) is 10.1 Å². The van der Waals surface area contributed by atoms with Crippen LogP contribution in [0, 0.1) is 10.1 Å². The zero-order chi connectivity index (χ0) is 14.1. The van der Waals surface area contributed by atoms with Gasteiger partial charge < -0.3 is 10.4 Å². The minimum atomic E-state index is -0.0730. The fraction of sp³-hybridized carbons (Fsp3) is 0. The zero-order valence-corrected chi connectivity index (χ0v) is 10.9. The highest BCUT2D eigenvalue weighted by atomic mass is 32.1. The molecule has 1 N–H and O–H groups in total. The number of hydrogen-bond donors (Lipinski definition) is 1. The maximum atomic E-state index is 12.1. The monoisotopic (exact) mass is 287 g/mol. The van der Waals surface area contributed by atoms with Gasteiger partial charge in [0.15, 0.2) is 5.69 Å². The van der Waals surface area contributed by atoms with Crippen LogP contribution in [0.5, 0.6) is 0 Å². The normalized spacial score (nSPS) is 10.6. The van der Waals surface area contributed by atoms with Gasteiger partial charge in [0.25, 0.3) is 5.69 Å². The third kappa shape index (κ3) is 1.76. The van der Waals surface area contributed by atoms with E-state index < -0.39 is 0 Å². The van der Waals surface area contributed by atoms with Crippen molar-refractivity contribution >= 4 is 17.0 Å². The van der Waals surface area contributed by atoms with E-state index in [-0.39, 0.29) is 21.9 Å². The van der Waals surface area contributed by atoms with Gasteiger partial charge in [-0.05, 0) is 21.5 Å². The molecule has 6 nitrogen and oxygen atoms in total. The Morgan fingerprint density at radius 2 is 1.95 bits per heavy atom. The number of nitrogens with zero attached hydrogens (tertiary/aromatic N) is 3. The number of benzene rings is 1. The lowest BCUT2D eigenvalue weighted by Crippen LogP contribution is -2.37. The van der Waals surface area contributed by atoms with E-state index in [1.54, 1.807) is 47.8 Å². The molecule has 0 bridgehead atoms. The molecule has 2 heterocycles. The highest BCUT2D eigenvalue weighted by molar-refractivity contribution is 7.13. The SMILES string of the molecule is O=Nc1c(-c2ccccc2)n(O)[n+]([O-])c1-c1cccs1. The van der Waals surface area contributed by atoms with E-state index in [9.17, 15) is 15.3 Å². The molecular formula is C13H9N3O3S. The zero-order valence-electron chi connectivity index (χ0n) is 10.1. The molecule has 0 aliphatic rings. The van der Waals surface area contributed by atoms with Gasteiger partial charge in [0, 0.05) is 10.4 Å². The lowest BCUT2D eigenvalue weighted by atomic mass is 10.1. The van der Waals surface area contributed by atoms with Gasteiger partial charge in [0.05, 0.1) is 0 Å². The summed E-state index contributed by atoms with van der Waals surface area (Å²) < 4.78 is 0. The number of hydrogen-bond acceptors (Lipinski definition) is 5. The Kier molecular flexibility index (Phi) is 2.96. The van der Waals surface area contributed by atoms with Gasteiger partial charge in [-0.2, -0.15) is 0 Å². The van der Waals surface area contributed by atoms with Crippen molar-refractivity contribution in [1.82, 2.24) is 4.85 Å². The summed E-state index contributed by atoms with van der Waals surface area (Å²) in [6.07, 6.45) is 0. The Hall–Kier alpha value is -2.67. The molecule has 0 unspecified atom stereocenters. The van der Waals surface area contributed by atoms with Crippen LogP contribution < -0.4 is 4.85 Å². The van der Waals surface area contributed by atoms with Gasteiger partial charge in [-0.1, -0.05) is 36.4 Å². The third-order valence-electron chi connectivity index (χ3n) is 2.91. The molecule has 0 saturated heterocycles. The maximum absolute atomic E-state index is 12.1. The summed E-state index contributed by atoms with van der Waals surface area (Å²) in [6, 6.07) is 12.1. The Morgan fingerprint density at radius 3 is 2.55 bits per heavy atom. The molecule has 0 spiro atoms. The summed E-state index contributed by atoms with van der Waals surface area (Å²) >= 11 is 1.29. The first kappa shape index (κ1) is 12.4. The largest absolute Gasteiger partial charge is 0.593 e. The highest BCUT2D eigenvalue weighted by Gasteiger charge is 2.31. The van der Waals surface area contributed by atoms with Crippen LogP contribution in [0.2, 0.25) is 0 Å². The molecule has 0 fully saturated rings. The topological polar surface area (TPSA) is 81.5 Å². The summed E-state index contributed by atoms with van der Waals surface area (Å²) in [5.41, 5.74) is 0.600. The van der Waals surface area contributed by atoms with E-state index >= 15 is 0 Å². The lowest BCUT2D eigenvalue weighted by Gasteiger charge is -1.99. The molecule has 7 heteroatoms. The number of thiophene rings is 1. The van der Waals surface area contributed by atoms with Crippen molar-refractivity contribution < 1.29 is 10.1 Å². The van der Waals surface area contributed by atoms with Crippen LogP contribution in [0.3, 0.4) is 0 Å². The van der Waals surface area contributed by atoms with Crippen LogP contribution in [0.1, 0.15) is 0 Å². The van der Waals surface area contributed by atoms with Crippen molar-refractivity contribution in [2.24, 2.45) is 5.18 Å². The first-order valence-electron chi connectivity index (χ1n) is 5.74. The van der Waals surface area contributed by atoms with Crippen molar-refractivity contribution in [2.45, 2.75) is 0 Å². The van der Waals surface area contributed by atoms with Gasteiger partial charge >= 0.3 is 0 Å². The first-order chi connectivity index (χ1) is 9.74. The van der Waals surface area contributed by atoms with E-state index in [1.807, 2.05) is 0 Å². The molecule has 0 radical (unpaired) electrons. The van der Waals surface area contributed by atoms with Gasteiger partial charge in [-0.15, -0.1) is 16.2 Å². The molecule has 3 aromatic rings. The average Bonchev–Trinajstić information content (AvgIpc) is 3.08. The first-order valence-corrected chi connectivity index (χ1v) is 6.62. The van der Waals surface area contributed by atoms with Crippen LogP contribution in [-0.2, 0) is 0 Å². The Balaban J connectivity index is 2.32. The predicted octanol–water partition coefficient (Wildman–Crippen LogP) is 3.15.